The molecule has 96 valence electrons. The van der Waals surface area contributed by atoms with Crippen LogP contribution in [0.5, 0.6) is 0 Å². The number of unbranched alkanes of at least 4 members (excludes halogenated alkanes) is 6. The van der Waals surface area contributed by atoms with Crippen molar-refractivity contribution in [2.24, 2.45) is 0 Å². The zero-order chi connectivity index (χ0) is 12.3. The lowest BCUT2D eigenvalue weighted by atomic mass is 10.1. The van der Waals surface area contributed by atoms with Crippen LogP contribution in [0.1, 0.15) is 51.9 Å². The van der Waals surface area contributed by atoms with E-state index in [0.717, 1.165) is 13.0 Å². The van der Waals surface area contributed by atoms with Gasteiger partial charge in [0.1, 0.15) is 0 Å². The number of halogens is 1. The third kappa shape index (κ3) is 7.10. The largest absolute Gasteiger partial charge is 0.353 e. The maximum Gasteiger partial charge on any atom is 0.244 e. The van der Waals surface area contributed by atoms with Crippen LogP contribution >= 0.6 is 11.6 Å². The fraction of sp³-hybridized carbons (Fsp3) is 0.750. The second-order valence-corrected chi connectivity index (χ2v) is 4.54. The van der Waals surface area contributed by atoms with E-state index >= 15 is 0 Å². The summed E-state index contributed by atoms with van der Waals surface area (Å²) in [5.74, 6) is 0.517. The van der Waals surface area contributed by atoms with E-state index in [9.17, 15) is 0 Å². The molecular weight excluding hydrogens is 236 g/mol. The molecule has 1 aromatic rings. The Bertz CT molecular complexity index is 306. The van der Waals surface area contributed by atoms with Crippen molar-refractivity contribution in [3.63, 3.8) is 0 Å². The van der Waals surface area contributed by atoms with Crippen LogP contribution in [0.3, 0.4) is 0 Å². The Hall–Kier alpha value is -0.900. The number of aromatic nitrogens is 3. The molecule has 5 heteroatoms. The monoisotopic (exact) mass is 256 g/mol. The predicted molar refractivity (Wildman–Crippen MR) is 71.3 cm³/mol. The minimum atomic E-state index is 0.377. The molecule has 0 fully saturated rings. The number of anilines is 1. The van der Waals surface area contributed by atoms with E-state index in [-0.39, 0.29) is 0 Å². The first-order valence-corrected chi connectivity index (χ1v) is 6.80. The highest BCUT2D eigenvalue weighted by atomic mass is 35.5. The molecule has 4 nitrogen and oxygen atoms in total. The van der Waals surface area contributed by atoms with Crippen molar-refractivity contribution in [2.75, 3.05) is 11.9 Å². The molecular formula is C12H21ClN4. The van der Waals surface area contributed by atoms with Crippen LogP contribution in [0.4, 0.5) is 5.95 Å². The summed E-state index contributed by atoms with van der Waals surface area (Å²) in [6, 6.07) is 0. The average Bonchev–Trinajstić information content (AvgIpc) is 2.33. The van der Waals surface area contributed by atoms with Gasteiger partial charge in [0.05, 0.1) is 6.20 Å². The summed E-state index contributed by atoms with van der Waals surface area (Å²) >= 11 is 5.70. The van der Waals surface area contributed by atoms with Crippen molar-refractivity contribution < 1.29 is 0 Å². The van der Waals surface area contributed by atoms with Crippen molar-refractivity contribution in [3.05, 3.63) is 11.3 Å². The molecule has 0 saturated carbocycles. The number of hydrogen-bond donors (Lipinski definition) is 1. The third-order valence-corrected chi connectivity index (χ3v) is 2.77. The SMILES string of the molecule is CCCCCCCCCNc1nncc(Cl)n1. The Morgan fingerprint density at radius 2 is 1.82 bits per heavy atom. The molecule has 0 radical (unpaired) electrons. The Kier molecular flexibility index (Phi) is 7.63. The van der Waals surface area contributed by atoms with Crippen LogP contribution in [-0.4, -0.2) is 21.7 Å². The first kappa shape index (κ1) is 14.2. The van der Waals surface area contributed by atoms with Crippen molar-refractivity contribution in [1.82, 2.24) is 15.2 Å². The minimum Gasteiger partial charge on any atom is -0.353 e. The third-order valence-electron chi connectivity index (χ3n) is 2.59. The van der Waals surface area contributed by atoms with Gasteiger partial charge in [0.2, 0.25) is 5.95 Å². The molecule has 0 saturated heterocycles. The summed E-state index contributed by atoms with van der Waals surface area (Å²) in [6.45, 7) is 3.12. The van der Waals surface area contributed by atoms with Gasteiger partial charge in [-0.3, -0.25) is 0 Å². The summed E-state index contributed by atoms with van der Waals surface area (Å²) in [5, 5.41) is 11.1. The number of nitrogens with one attached hydrogen (secondary N) is 1. The number of hydrogen-bond acceptors (Lipinski definition) is 4. The zero-order valence-corrected chi connectivity index (χ0v) is 11.2. The highest BCUT2D eigenvalue weighted by Gasteiger charge is 1.97. The lowest BCUT2D eigenvalue weighted by molar-refractivity contribution is 0.596. The first-order chi connectivity index (χ1) is 8.33. The Morgan fingerprint density at radius 1 is 1.12 bits per heavy atom. The second-order valence-electron chi connectivity index (χ2n) is 4.15. The van der Waals surface area contributed by atoms with E-state index in [1.165, 1.54) is 44.7 Å². The second kappa shape index (κ2) is 9.16. The molecule has 0 aliphatic heterocycles. The van der Waals surface area contributed by atoms with Gasteiger partial charge in [0, 0.05) is 6.54 Å². The smallest absolute Gasteiger partial charge is 0.244 e. The summed E-state index contributed by atoms with van der Waals surface area (Å²) in [7, 11) is 0. The molecule has 0 atom stereocenters. The van der Waals surface area contributed by atoms with E-state index < -0.39 is 0 Å². The Morgan fingerprint density at radius 3 is 2.53 bits per heavy atom. The summed E-state index contributed by atoms with van der Waals surface area (Å²) < 4.78 is 0. The number of rotatable bonds is 9. The summed E-state index contributed by atoms with van der Waals surface area (Å²) in [5.41, 5.74) is 0. The lowest BCUT2D eigenvalue weighted by Gasteiger charge is -2.03. The summed E-state index contributed by atoms with van der Waals surface area (Å²) in [4.78, 5) is 4.01. The van der Waals surface area contributed by atoms with Crippen molar-refractivity contribution in [2.45, 2.75) is 51.9 Å². The lowest BCUT2D eigenvalue weighted by Crippen LogP contribution is -2.06. The highest BCUT2D eigenvalue weighted by molar-refractivity contribution is 6.29. The van der Waals surface area contributed by atoms with Crippen LogP contribution in [-0.2, 0) is 0 Å². The maximum atomic E-state index is 5.70. The topological polar surface area (TPSA) is 50.7 Å². The summed E-state index contributed by atoms with van der Waals surface area (Å²) in [6.07, 6.45) is 10.5. The van der Waals surface area contributed by atoms with Crippen LogP contribution in [0.25, 0.3) is 0 Å². The fourth-order valence-corrected chi connectivity index (χ4v) is 1.76. The molecule has 0 aliphatic rings. The molecule has 17 heavy (non-hydrogen) atoms. The van der Waals surface area contributed by atoms with Gasteiger partial charge >= 0.3 is 0 Å². The van der Waals surface area contributed by atoms with E-state index in [4.69, 9.17) is 11.6 Å². The predicted octanol–water partition coefficient (Wildman–Crippen LogP) is 3.69. The van der Waals surface area contributed by atoms with Gasteiger partial charge in [-0.2, -0.15) is 10.1 Å². The van der Waals surface area contributed by atoms with Crippen molar-refractivity contribution in [3.8, 4) is 0 Å². The normalized spacial score (nSPS) is 10.5. The quantitative estimate of drug-likeness (QED) is 0.685. The molecule has 0 amide bonds. The van der Waals surface area contributed by atoms with Crippen LogP contribution in [0.2, 0.25) is 5.15 Å². The maximum absolute atomic E-state index is 5.70. The molecule has 1 heterocycles. The van der Waals surface area contributed by atoms with Gasteiger partial charge in [-0.15, -0.1) is 5.10 Å². The van der Waals surface area contributed by atoms with E-state index in [0.29, 0.717) is 11.1 Å². The molecule has 0 aliphatic carbocycles. The Labute approximate surface area is 108 Å². The number of nitrogens with zero attached hydrogens (tertiary/aromatic N) is 3. The molecule has 1 N–H and O–H groups in total. The van der Waals surface area contributed by atoms with Crippen LogP contribution in [0.15, 0.2) is 6.20 Å². The molecule has 1 rings (SSSR count). The molecule has 0 unspecified atom stereocenters. The molecule has 0 bridgehead atoms. The highest BCUT2D eigenvalue weighted by Crippen LogP contribution is 2.07. The van der Waals surface area contributed by atoms with Gasteiger partial charge in [0.25, 0.3) is 0 Å². The average molecular weight is 257 g/mol. The van der Waals surface area contributed by atoms with E-state index in [2.05, 4.69) is 27.4 Å². The molecule has 0 aromatic carbocycles. The minimum absolute atomic E-state index is 0.377. The van der Waals surface area contributed by atoms with E-state index in [1.807, 2.05) is 0 Å². The molecule has 1 aromatic heterocycles. The van der Waals surface area contributed by atoms with Crippen LogP contribution < -0.4 is 5.32 Å². The van der Waals surface area contributed by atoms with Gasteiger partial charge < -0.3 is 5.32 Å². The Balaban J connectivity index is 1.97. The van der Waals surface area contributed by atoms with Gasteiger partial charge in [-0.05, 0) is 6.42 Å². The molecule has 0 spiro atoms. The van der Waals surface area contributed by atoms with Gasteiger partial charge in [-0.25, -0.2) is 0 Å². The van der Waals surface area contributed by atoms with Crippen LogP contribution in [0, 0.1) is 0 Å². The van der Waals surface area contributed by atoms with Crippen molar-refractivity contribution >= 4 is 17.5 Å². The fourth-order valence-electron chi connectivity index (χ4n) is 1.64. The van der Waals surface area contributed by atoms with E-state index in [1.54, 1.807) is 0 Å². The standard InChI is InChI=1S/C12H21ClN4/c1-2-3-4-5-6-7-8-9-14-12-16-11(13)10-15-17-12/h10H,2-9H2,1H3,(H,14,16,17). The van der Waals surface area contributed by atoms with Crippen molar-refractivity contribution in [1.29, 1.82) is 0 Å². The first-order valence-electron chi connectivity index (χ1n) is 6.42. The van der Waals surface area contributed by atoms with Gasteiger partial charge in [-0.1, -0.05) is 57.0 Å². The zero-order valence-electron chi connectivity index (χ0n) is 10.5. The van der Waals surface area contributed by atoms with Gasteiger partial charge in [0.15, 0.2) is 5.15 Å².